The van der Waals surface area contributed by atoms with E-state index in [1.54, 1.807) is 6.92 Å². The van der Waals surface area contributed by atoms with Crippen LogP contribution in [0.15, 0.2) is 0 Å². The Bertz CT molecular complexity index is 257. The minimum absolute atomic E-state index is 0.0540. The van der Waals surface area contributed by atoms with Crippen molar-refractivity contribution in [2.24, 2.45) is 5.92 Å². The highest BCUT2D eigenvalue weighted by Gasteiger charge is 2.31. The zero-order valence-electron chi connectivity index (χ0n) is 8.25. The van der Waals surface area contributed by atoms with Crippen molar-refractivity contribution in [1.29, 1.82) is 0 Å². The molecule has 1 rings (SSSR count). The van der Waals surface area contributed by atoms with E-state index < -0.39 is 11.7 Å². The van der Waals surface area contributed by atoms with Gasteiger partial charge in [-0.3, -0.25) is 14.4 Å². The zero-order chi connectivity index (χ0) is 10.6. The highest BCUT2D eigenvalue weighted by atomic mass is 16.5. The predicted molar refractivity (Wildman–Crippen MR) is 48.6 cm³/mol. The molecule has 4 heteroatoms. The van der Waals surface area contributed by atoms with Gasteiger partial charge in [0.15, 0.2) is 5.78 Å². The van der Waals surface area contributed by atoms with E-state index in [0.717, 1.165) is 0 Å². The molecule has 1 fully saturated rings. The Labute approximate surface area is 82.6 Å². The van der Waals surface area contributed by atoms with E-state index in [0.29, 0.717) is 25.9 Å². The van der Waals surface area contributed by atoms with Crippen LogP contribution in [0.4, 0.5) is 0 Å². The van der Waals surface area contributed by atoms with Crippen LogP contribution in [0.3, 0.4) is 0 Å². The van der Waals surface area contributed by atoms with Crippen molar-refractivity contribution in [3.8, 4) is 0 Å². The molecule has 0 spiro atoms. The molecular formula is C10H14O4. The third-order valence-corrected chi connectivity index (χ3v) is 2.32. The average molecular weight is 198 g/mol. The largest absolute Gasteiger partial charge is 0.466 e. The molecule has 4 nitrogen and oxygen atoms in total. The Balaban J connectivity index is 2.47. The van der Waals surface area contributed by atoms with Crippen molar-refractivity contribution in [3.63, 3.8) is 0 Å². The molecule has 0 aromatic rings. The lowest BCUT2D eigenvalue weighted by atomic mass is 9.85. The van der Waals surface area contributed by atoms with E-state index in [4.69, 9.17) is 4.74 Å². The second-order valence-corrected chi connectivity index (χ2v) is 3.39. The molecule has 78 valence electrons. The second-order valence-electron chi connectivity index (χ2n) is 3.39. The van der Waals surface area contributed by atoms with Crippen LogP contribution >= 0.6 is 0 Å². The standard InChI is InChI=1S/C10H14O4/c1-2-14-9(12)6-7-4-3-5-8(11)10(7)13/h7H,2-6H2,1H3. The van der Waals surface area contributed by atoms with Gasteiger partial charge in [0, 0.05) is 12.3 Å². The highest BCUT2D eigenvalue weighted by molar-refractivity contribution is 6.38. The molecule has 0 saturated heterocycles. The summed E-state index contributed by atoms with van der Waals surface area (Å²) in [6.07, 6.45) is 1.72. The lowest BCUT2D eigenvalue weighted by Gasteiger charge is -2.18. The maximum absolute atomic E-state index is 11.3. The van der Waals surface area contributed by atoms with Gasteiger partial charge in [0.05, 0.1) is 13.0 Å². The summed E-state index contributed by atoms with van der Waals surface area (Å²) in [4.78, 5) is 33.4. The van der Waals surface area contributed by atoms with Gasteiger partial charge in [0.1, 0.15) is 0 Å². The summed E-state index contributed by atoms with van der Waals surface area (Å²) in [6.45, 7) is 2.03. The Morgan fingerprint density at radius 2 is 2.21 bits per heavy atom. The molecule has 14 heavy (non-hydrogen) atoms. The molecule has 0 aromatic carbocycles. The summed E-state index contributed by atoms with van der Waals surface area (Å²) < 4.78 is 4.73. The van der Waals surface area contributed by atoms with Crippen LogP contribution in [0.1, 0.15) is 32.6 Å². The maximum atomic E-state index is 11.3. The maximum Gasteiger partial charge on any atom is 0.306 e. The molecule has 0 aliphatic heterocycles. The molecule has 1 aliphatic rings. The lowest BCUT2D eigenvalue weighted by molar-refractivity contribution is -0.148. The summed E-state index contributed by atoms with van der Waals surface area (Å²) in [7, 11) is 0. The van der Waals surface area contributed by atoms with Crippen molar-refractivity contribution in [2.75, 3.05) is 6.61 Å². The van der Waals surface area contributed by atoms with Gasteiger partial charge in [-0.2, -0.15) is 0 Å². The van der Waals surface area contributed by atoms with Gasteiger partial charge in [0.2, 0.25) is 5.78 Å². The Hall–Kier alpha value is -1.19. The van der Waals surface area contributed by atoms with Crippen LogP contribution < -0.4 is 0 Å². The van der Waals surface area contributed by atoms with E-state index >= 15 is 0 Å². The molecular weight excluding hydrogens is 184 g/mol. The average Bonchev–Trinajstić information content (AvgIpc) is 2.13. The van der Waals surface area contributed by atoms with E-state index in [9.17, 15) is 14.4 Å². The minimum atomic E-state index is -0.435. The quantitative estimate of drug-likeness (QED) is 0.499. The van der Waals surface area contributed by atoms with Crippen molar-refractivity contribution in [1.82, 2.24) is 0 Å². The van der Waals surface area contributed by atoms with Gasteiger partial charge in [-0.05, 0) is 19.8 Å². The number of Topliss-reactive ketones (excluding diaryl/α,β-unsaturated/α-hetero) is 2. The molecule has 0 heterocycles. The second kappa shape index (κ2) is 4.88. The van der Waals surface area contributed by atoms with E-state index in [1.807, 2.05) is 0 Å². The zero-order valence-corrected chi connectivity index (χ0v) is 8.25. The van der Waals surface area contributed by atoms with Crippen LogP contribution in [0.2, 0.25) is 0 Å². The van der Waals surface area contributed by atoms with Crippen LogP contribution in [-0.4, -0.2) is 24.1 Å². The number of ketones is 2. The Kier molecular flexibility index (Phi) is 3.80. The fourth-order valence-electron chi connectivity index (χ4n) is 1.61. The van der Waals surface area contributed by atoms with Gasteiger partial charge in [-0.15, -0.1) is 0 Å². The van der Waals surface area contributed by atoms with Gasteiger partial charge in [-0.25, -0.2) is 0 Å². The smallest absolute Gasteiger partial charge is 0.306 e. The fourth-order valence-corrected chi connectivity index (χ4v) is 1.61. The van der Waals surface area contributed by atoms with Crippen molar-refractivity contribution < 1.29 is 19.1 Å². The molecule has 1 unspecified atom stereocenters. The molecule has 0 radical (unpaired) electrons. The minimum Gasteiger partial charge on any atom is -0.466 e. The summed E-state index contributed by atoms with van der Waals surface area (Å²) >= 11 is 0. The number of rotatable bonds is 3. The van der Waals surface area contributed by atoms with E-state index in [1.165, 1.54) is 0 Å². The number of esters is 1. The highest BCUT2D eigenvalue weighted by Crippen LogP contribution is 2.21. The lowest BCUT2D eigenvalue weighted by Crippen LogP contribution is -2.30. The van der Waals surface area contributed by atoms with Gasteiger partial charge in [0.25, 0.3) is 0 Å². The van der Waals surface area contributed by atoms with Crippen molar-refractivity contribution in [2.45, 2.75) is 32.6 Å². The monoisotopic (exact) mass is 198 g/mol. The fraction of sp³-hybridized carbons (Fsp3) is 0.700. The first-order valence-electron chi connectivity index (χ1n) is 4.87. The van der Waals surface area contributed by atoms with E-state index in [-0.39, 0.29) is 18.2 Å². The van der Waals surface area contributed by atoms with Crippen LogP contribution in [0.5, 0.6) is 0 Å². The molecule has 0 N–H and O–H groups in total. The first-order chi connectivity index (χ1) is 6.65. The van der Waals surface area contributed by atoms with Gasteiger partial charge < -0.3 is 4.74 Å². The molecule has 1 aliphatic carbocycles. The van der Waals surface area contributed by atoms with Gasteiger partial charge in [-0.1, -0.05) is 0 Å². The summed E-state index contributed by atoms with van der Waals surface area (Å²) in [6, 6.07) is 0. The normalized spacial score (nSPS) is 22.2. The molecule has 1 atom stereocenters. The molecule has 1 saturated carbocycles. The predicted octanol–water partition coefficient (Wildman–Crippen LogP) is 0.878. The van der Waals surface area contributed by atoms with Crippen LogP contribution in [0, 0.1) is 5.92 Å². The summed E-state index contributed by atoms with van der Waals surface area (Å²) in [5, 5.41) is 0. The Morgan fingerprint density at radius 1 is 1.50 bits per heavy atom. The first kappa shape index (κ1) is 10.9. The SMILES string of the molecule is CCOC(=O)CC1CCCC(=O)C1=O. The van der Waals surface area contributed by atoms with Crippen molar-refractivity contribution in [3.05, 3.63) is 0 Å². The van der Waals surface area contributed by atoms with Gasteiger partial charge >= 0.3 is 5.97 Å². The first-order valence-corrected chi connectivity index (χ1v) is 4.87. The molecule has 0 amide bonds. The third-order valence-electron chi connectivity index (χ3n) is 2.32. The number of ether oxygens (including phenoxy) is 1. The number of hydrogen-bond donors (Lipinski definition) is 0. The number of hydrogen-bond acceptors (Lipinski definition) is 4. The third kappa shape index (κ3) is 2.65. The topological polar surface area (TPSA) is 60.4 Å². The summed E-state index contributed by atoms with van der Waals surface area (Å²) in [5.41, 5.74) is 0. The van der Waals surface area contributed by atoms with E-state index in [2.05, 4.69) is 0 Å². The number of carbonyl (C=O) groups is 3. The number of carbonyl (C=O) groups excluding carboxylic acids is 3. The molecule has 0 aromatic heterocycles. The van der Waals surface area contributed by atoms with Crippen molar-refractivity contribution >= 4 is 17.5 Å². The Morgan fingerprint density at radius 3 is 2.86 bits per heavy atom. The van der Waals surface area contributed by atoms with Crippen LogP contribution in [-0.2, 0) is 19.1 Å². The summed E-state index contributed by atoms with van der Waals surface area (Å²) in [5.74, 6) is -1.56. The molecule has 0 bridgehead atoms. The van der Waals surface area contributed by atoms with Crippen LogP contribution in [0.25, 0.3) is 0 Å².